The molecule has 1 saturated carbocycles. The van der Waals surface area contributed by atoms with Gasteiger partial charge in [-0.3, -0.25) is 9.59 Å². The van der Waals surface area contributed by atoms with Crippen molar-refractivity contribution in [2.75, 3.05) is 31.8 Å². The minimum absolute atomic E-state index is 0.162. The number of amides is 1. The molecule has 7 heteroatoms. The number of anilines is 1. The Kier molecular flexibility index (Phi) is 10.3. The van der Waals surface area contributed by atoms with Crippen LogP contribution in [0.25, 0.3) is 11.1 Å². The van der Waals surface area contributed by atoms with Crippen LogP contribution in [0.5, 0.6) is 5.75 Å². The topological polar surface area (TPSA) is 83.7 Å². The molecule has 1 heterocycles. The van der Waals surface area contributed by atoms with Crippen molar-refractivity contribution in [1.29, 1.82) is 0 Å². The number of ether oxygens (including phenoxy) is 2. The lowest BCUT2D eigenvalue weighted by Crippen LogP contribution is -2.38. The molecular weight excluding hydrogens is 514 g/mol. The third kappa shape index (κ3) is 7.39. The van der Waals surface area contributed by atoms with Gasteiger partial charge in [-0.2, -0.15) is 0 Å². The number of benzene rings is 2. The molecule has 0 saturated heterocycles. The van der Waals surface area contributed by atoms with Crippen molar-refractivity contribution in [1.82, 2.24) is 10.3 Å². The van der Waals surface area contributed by atoms with Crippen LogP contribution in [0.3, 0.4) is 0 Å². The second kappa shape index (κ2) is 13.9. The number of hydrogen-bond acceptors (Lipinski definition) is 5. The lowest BCUT2D eigenvalue weighted by Gasteiger charge is -2.38. The second-order valence-electron chi connectivity index (χ2n) is 11.4. The number of nitrogens with one attached hydrogen (secondary N) is 2. The highest BCUT2D eigenvalue weighted by atomic mass is 16.5. The Morgan fingerprint density at radius 1 is 1.00 bits per heavy atom. The maximum Gasteiger partial charge on any atom is 0.253 e. The summed E-state index contributed by atoms with van der Waals surface area (Å²) in [5, 5.41) is 3.03. The number of nitrogens with zero attached hydrogens (tertiary/aromatic N) is 1. The van der Waals surface area contributed by atoms with Gasteiger partial charge in [-0.15, -0.1) is 0 Å². The number of H-pyrrole nitrogens is 1. The third-order valence-corrected chi connectivity index (χ3v) is 8.36. The zero-order valence-electron chi connectivity index (χ0n) is 25.4. The number of rotatable bonds is 11. The Hall–Kier alpha value is -3.58. The Morgan fingerprint density at radius 3 is 2.34 bits per heavy atom. The molecule has 0 bridgehead atoms. The normalized spacial score (nSPS) is 16.8. The number of pyridine rings is 1. The predicted molar refractivity (Wildman–Crippen MR) is 166 cm³/mol. The van der Waals surface area contributed by atoms with Crippen molar-refractivity contribution in [2.24, 2.45) is 5.92 Å². The molecule has 0 spiro atoms. The minimum Gasteiger partial charge on any atom is -0.491 e. The highest BCUT2D eigenvalue weighted by Crippen LogP contribution is 2.36. The van der Waals surface area contributed by atoms with E-state index in [2.05, 4.69) is 35.1 Å². The van der Waals surface area contributed by atoms with E-state index in [0.717, 1.165) is 64.7 Å². The van der Waals surface area contributed by atoms with E-state index in [4.69, 9.17) is 9.47 Å². The Bertz CT molecular complexity index is 1390. The summed E-state index contributed by atoms with van der Waals surface area (Å²) in [4.78, 5) is 31.6. The number of aromatic nitrogens is 1. The molecule has 1 aliphatic rings. The van der Waals surface area contributed by atoms with E-state index in [9.17, 15) is 9.59 Å². The fourth-order valence-electron chi connectivity index (χ4n) is 5.93. The zero-order valence-corrected chi connectivity index (χ0v) is 25.4. The standard InChI is InChI=1S/C34H45N3O4/c1-7-37(28-12-8-22(2)9-13-28)32-20-27(26-10-14-29(15-11-26)41-17-16-40-6)19-30(25(32)5)33(38)35-21-31-23(3)18-24(4)36-34(31)39/h10-11,14-15,18-20,22,28H,7-9,12-13,16-17,21H2,1-6H3,(H,35,38)(H,36,39). The molecular formula is C34H45N3O4. The molecule has 0 radical (unpaired) electrons. The number of carbonyl (C=O) groups excluding carboxylic acids is 1. The van der Waals surface area contributed by atoms with Crippen LogP contribution >= 0.6 is 0 Å². The van der Waals surface area contributed by atoms with Gasteiger partial charge in [-0.1, -0.05) is 19.1 Å². The van der Waals surface area contributed by atoms with Crippen LogP contribution in [0.2, 0.25) is 0 Å². The number of hydrogen-bond donors (Lipinski definition) is 2. The number of methoxy groups -OCH3 is 1. The van der Waals surface area contributed by atoms with Crippen molar-refractivity contribution in [2.45, 2.75) is 72.9 Å². The van der Waals surface area contributed by atoms with E-state index in [1.54, 1.807) is 7.11 Å². The summed E-state index contributed by atoms with van der Waals surface area (Å²) in [7, 11) is 1.66. The maximum atomic E-state index is 13.7. The summed E-state index contributed by atoms with van der Waals surface area (Å²) in [6.07, 6.45) is 4.76. The van der Waals surface area contributed by atoms with Crippen LogP contribution in [-0.4, -0.2) is 43.8 Å². The largest absolute Gasteiger partial charge is 0.491 e. The van der Waals surface area contributed by atoms with Crippen molar-refractivity contribution in [3.8, 4) is 16.9 Å². The SMILES string of the molecule is CCN(c1cc(-c2ccc(OCCOC)cc2)cc(C(=O)NCc2c(C)cc(C)[nH]c2=O)c1C)C1CCC(C)CC1. The van der Waals surface area contributed by atoms with Gasteiger partial charge in [0.15, 0.2) is 0 Å². The Labute approximate surface area is 244 Å². The molecule has 4 rings (SSSR count). The van der Waals surface area contributed by atoms with Gasteiger partial charge in [-0.05, 0) is 112 Å². The number of aryl methyl sites for hydroxylation is 2. The van der Waals surface area contributed by atoms with E-state index >= 15 is 0 Å². The van der Waals surface area contributed by atoms with Gasteiger partial charge in [0.05, 0.1) is 6.61 Å². The van der Waals surface area contributed by atoms with E-state index in [1.807, 2.05) is 57.2 Å². The average Bonchev–Trinajstić information content (AvgIpc) is 2.95. The van der Waals surface area contributed by atoms with Crippen molar-refractivity contribution < 1.29 is 14.3 Å². The molecule has 220 valence electrons. The lowest BCUT2D eigenvalue weighted by atomic mass is 9.86. The first kappa shape index (κ1) is 30.4. The first-order valence-electron chi connectivity index (χ1n) is 14.8. The summed E-state index contributed by atoms with van der Waals surface area (Å²) >= 11 is 0. The van der Waals surface area contributed by atoms with E-state index < -0.39 is 0 Å². The van der Waals surface area contributed by atoms with Crippen LogP contribution in [0, 0.1) is 26.7 Å². The monoisotopic (exact) mass is 559 g/mol. The van der Waals surface area contributed by atoms with Crippen LogP contribution in [0.15, 0.2) is 47.3 Å². The number of carbonyl (C=O) groups is 1. The van der Waals surface area contributed by atoms with Crippen LogP contribution in [0.4, 0.5) is 5.69 Å². The molecule has 2 aromatic carbocycles. The maximum absolute atomic E-state index is 13.7. The Balaban J connectivity index is 1.69. The first-order valence-corrected chi connectivity index (χ1v) is 14.8. The summed E-state index contributed by atoms with van der Waals surface area (Å²) in [6, 6.07) is 14.6. The molecule has 3 aromatic rings. The minimum atomic E-state index is -0.183. The van der Waals surface area contributed by atoms with E-state index in [-0.39, 0.29) is 18.0 Å². The van der Waals surface area contributed by atoms with Crippen molar-refractivity contribution in [3.05, 3.63) is 80.8 Å². The summed E-state index contributed by atoms with van der Waals surface area (Å²) < 4.78 is 10.8. The first-order chi connectivity index (χ1) is 19.7. The van der Waals surface area contributed by atoms with Gasteiger partial charge in [0.2, 0.25) is 0 Å². The fourth-order valence-corrected chi connectivity index (χ4v) is 5.93. The smallest absolute Gasteiger partial charge is 0.253 e. The molecule has 7 nitrogen and oxygen atoms in total. The average molecular weight is 560 g/mol. The molecule has 1 aromatic heterocycles. The quantitative estimate of drug-likeness (QED) is 0.268. The van der Waals surface area contributed by atoms with Crippen LogP contribution in [-0.2, 0) is 11.3 Å². The molecule has 0 atom stereocenters. The second-order valence-corrected chi connectivity index (χ2v) is 11.4. The number of aromatic amines is 1. The van der Waals surface area contributed by atoms with Gasteiger partial charge in [0.25, 0.3) is 11.5 Å². The van der Waals surface area contributed by atoms with Gasteiger partial charge < -0.3 is 24.7 Å². The molecule has 1 fully saturated rings. The van der Waals surface area contributed by atoms with Gasteiger partial charge >= 0.3 is 0 Å². The lowest BCUT2D eigenvalue weighted by molar-refractivity contribution is 0.0950. The predicted octanol–water partition coefficient (Wildman–Crippen LogP) is 6.33. The fraction of sp³-hybridized carbons (Fsp3) is 0.471. The van der Waals surface area contributed by atoms with Crippen molar-refractivity contribution >= 4 is 11.6 Å². The Morgan fingerprint density at radius 2 is 1.71 bits per heavy atom. The van der Waals surface area contributed by atoms with Gasteiger partial charge in [-0.25, -0.2) is 0 Å². The molecule has 0 unspecified atom stereocenters. The van der Waals surface area contributed by atoms with Crippen LogP contribution < -0.4 is 20.5 Å². The molecule has 41 heavy (non-hydrogen) atoms. The van der Waals surface area contributed by atoms with Crippen molar-refractivity contribution in [3.63, 3.8) is 0 Å². The van der Waals surface area contributed by atoms with Gasteiger partial charge in [0, 0.05) is 48.7 Å². The molecule has 1 amide bonds. The third-order valence-electron chi connectivity index (χ3n) is 8.36. The molecule has 0 aliphatic heterocycles. The molecule has 2 N–H and O–H groups in total. The summed E-state index contributed by atoms with van der Waals surface area (Å²) in [6.45, 7) is 12.4. The summed E-state index contributed by atoms with van der Waals surface area (Å²) in [5.74, 6) is 1.36. The highest BCUT2D eigenvalue weighted by Gasteiger charge is 2.26. The molecule has 1 aliphatic carbocycles. The summed E-state index contributed by atoms with van der Waals surface area (Å²) in [5.41, 5.74) is 6.77. The zero-order chi connectivity index (χ0) is 29.5. The van der Waals surface area contributed by atoms with E-state index in [0.29, 0.717) is 30.4 Å². The van der Waals surface area contributed by atoms with Gasteiger partial charge in [0.1, 0.15) is 12.4 Å². The van der Waals surface area contributed by atoms with Crippen LogP contribution in [0.1, 0.15) is 72.3 Å². The van der Waals surface area contributed by atoms with E-state index in [1.165, 1.54) is 12.8 Å². The highest BCUT2D eigenvalue weighted by molar-refractivity contribution is 5.99.